The first-order chi connectivity index (χ1) is 13.8. The maximum Gasteiger partial charge on any atom is 0.220 e. The fourth-order valence-electron chi connectivity index (χ4n) is 2.48. The number of carbonyl (C=O) groups excluding carboxylic acids is 1. The third-order valence-corrected chi connectivity index (χ3v) is 3.91. The highest BCUT2D eigenvalue weighted by molar-refractivity contribution is 5.75. The van der Waals surface area contributed by atoms with Gasteiger partial charge in [0.2, 0.25) is 5.91 Å². The summed E-state index contributed by atoms with van der Waals surface area (Å²) in [4.78, 5) is 15.2. The quantitative estimate of drug-likeness (QED) is 0.661. The minimum absolute atomic E-state index is 0.0807. The van der Waals surface area contributed by atoms with E-state index >= 15 is 0 Å². The molecule has 1 amide bonds. The van der Waals surface area contributed by atoms with Crippen LogP contribution in [0.3, 0.4) is 0 Å². The Morgan fingerprint density at radius 3 is 2.76 bits per heavy atom. The van der Waals surface area contributed by atoms with Crippen LogP contribution in [0, 0.1) is 24.6 Å². The van der Waals surface area contributed by atoms with Crippen LogP contribution in [0.2, 0.25) is 0 Å². The molecule has 1 heterocycles. The molecule has 1 atom stereocenters. The molecule has 1 aromatic heterocycles. The number of aromatic nitrogens is 1. The van der Waals surface area contributed by atoms with Crippen molar-refractivity contribution in [1.82, 2.24) is 10.3 Å². The number of rotatable bonds is 5. The van der Waals surface area contributed by atoms with Gasteiger partial charge in [0.1, 0.15) is 6.10 Å². The van der Waals surface area contributed by atoms with Gasteiger partial charge in [0.05, 0.1) is 6.54 Å². The van der Waals surface area contributed by atoms with Gasteiger partial charge in [0.15, 0.2) is 23.1 Å². The van der Waals surface area contributed by atoms with Gasteiger partial charge < -0.3 is 20.9 Å². The van der Waals surface area contributed by atoms with E-state index in [-0.39, 0.29) is 24.0 Å². The highest BCUT2D eigenvalue weighted by Crippen LogP contribution is 2.34. The third-order valence-electron chi connectivity index (χ3n) is 3.91. The molecule has 156 valence electrons. The Balaban J connectivity index is 0.00000204. The van der Waals surface area contributed by atoms with Gasteiger partial charge in [-0.1, -0.05) is 38.7 Å². The third kappa shape index (κ3) is 6.68. The fraction of sp³-hybridized carbons (Fsp3) is 0.364. The Bertz CT molecular complexity index is 904. The molecule has 0 bridgehead atoms. The van der Waals surface area contributed by atoms with Crippen molar-refractivity contribution in [3.63, 3.8) is 0 Å². The molecule has 6 nitrogen and oxygen atoms in total. The molecular weight excluding hydrogens is 373 g/mol. The molecule has 0 spiro atoms. The molecule has 29 heavy (non-hydrogen) atoms. The first-order valence-corrected chi connectivity index (χ1v) is 9.49. The average Bonchev–Trinajstić information content (AvgIpc) is 2.72. The Morgan fingerprint density at radius 1 is 1.41 bits per heavy atom. The molecule has 0 radical (unpaired) electrons. The van der Waals surface area contributed by atoms with Crippen LogP contribution in [0.25, 0.3) is 0 Å². The van der Waals surface area contributed by atoms with Crippen molar-refractivity contribution < 1.29 is 19.0 Å². The molecular formula is C22H28FN3O3. The number of carbonyl (C=O) groups is 1. The van der Waals surface area contributed by atoms with Crippen LogP contribution in [-0.4, -0.2) is 22.5 Å². The largest absolute Gasteiger partial charge is 0.505 e. The number of anilines is 1. The van der Waals surface area contributed by atoms with Crippen molar-refractivity contribution in [2.24, 2.45) is 0 Å². The summed E-state index contributed by atoms with van der Waals surface area (Å²) >= 11 is 0. The number of ether oxygens (including phenoxy) is 1. The lowest BCUT2D eigenvalue weighted by Gasteiger charge is -2.19. The Labute approximate surface area is 171 Å². The number of nitrogens with zero attached hydrogens (tertiary/aromatic N) is 1. The summed E-state index contributed by atoms with van der Waals surface area (Å²) in [5.41, 5.74) is 7.44. The zero-order chi connectivity index (χ0) is 22.0. The van der Waals surface area contributed by atoms with Crippen LogP contribution in [-0.2, 0) is 4.79 Å². The van der Waals surface area contributed by atoms with Gasteiger partial charge in [0, 0.05) is 29.8 Å². The Morgan fingerprint density at radius 2 is 2.10 bits per heavy atom. The smallest absolute Gasteiger partial charge is 0.220 e. The molecule has 7 heteroatoms. The number of nitrogen functional groups attached to an aromatic ring is 1. The molecule has 0 aliphatic carbocycles. The first-order valence-electron chi connectivity index (χ1n) is 9.49. The van der Waals surface area contributed by atoms with Crippen LogP contribution < -0.4 is 15.8 Å². The minimum atomic E-state index is -0.717. The predicted octanol–water partition coefficient (Wildman–Crippen LogP) is 3.86. The normalized spacial score (nSPS) is 10.7. The lowest BCUT2D eigenvalue weighted by Crippen LogP contribution is -2.22. The number of nitrogens with two attached hydrogens (primary N) is 1. The number of benzene rings is 1. The molecule has 0 saturated heterocycles. The van der Waals surface area contributed by atoms with Gasteiger partial charge in [-0.15, -0.1) is 0 Å². The van der Waals surface area contributed by atoms with E-state index in [1.165, 1.54) is 12.3 Å². The van der Waals surface area contributed by atoms with Crippen molar-refractivity contribution in [3.8, 4) is 23.3 Å². The molecule has 0 saturated carbocycles. The van der Waals surface area contributed by atoms with Crippen LogP contribution in [0.15, 0.2) is 24.4 Å². The zero-order valence-electron chi connectivity index (χ0n) is 17.5. The number of aromatic hydroxyl groups is 1. The zero-order valence-corrected chi connectivity index (χ0v) is 17.5. The molecule has 4 N–H and O–H groups in total. The van der Waals surface area contributed by atoms with E-state index in [1.54, 1.807) is 32.9 Å². The van der Waals surface area contributed by atoms with Gasteiger partial charge in [-0.2, -0.15) is 0 Å². The Kier molecular flexibility index (Phi) is 9.46. The van der Waals surface area contributed by atoms with Crippen LogP contribution in [0.1, 0.15) is 56.9 Å². The number of phenolic OH excluding ortho intramolecular Hbond substituents is 1. The summed E-state index contributed by atoms with van der Waals surface area (Å²) in [6, 6.07) is 4.38. The SMILES string of the molecule is CC.CCC(=O)NCC#Cc1cnc(N)c(OC(C)c2c(C)ccc(F)c2O)c1. The number of hydrogen-bond donors (Lipinski definition) is 3. The van der Waals surface area contributed by atoms with Gasteiger partial charge in [-0.05, 0) is 25.5 Å². The molecule has 1 unspecified atom stereocenters. The highest BCUT2D eigenvalue weighted by atomic mass is 19.1. The lowest BCUT2D eigenvalue weighted by atomic mass is 10.0. The number of pyridine rings is 1. The molecule has 2 aromatic rings. The summed E-state index contributed by atoms with van der Waals surface area (Å²) < 4.78 is 19.5. The second-order valence-electron chi connectivity index (χ2n) is 5.93. The van der Waals surface area contributed by atoms with Crippen LogP contribution in [0.5, 0.6) is 11.5 Å². The number of halogens is 1. The first kappa shape index (κ1) is 23.8. The van der Waals surface area contributed by atoms with E-state index in [4.69, 9.17) is 10.5 Å². The molecule has 0 aliphatic rings. The number of amides is 1. The highest BCUT2D eigenvalue weighted by Gasteiger charge is 2.19. The van der Waals surface area contributed by atoms with Gasteiger partial charge in [0.25, 0.3) is 0 Å². The van der Waals surface area contributed by atoms with E-state index in [9.17, 15) is 14.3 Å². The Hall–Kier alpha value is -3.27. The van der Waals surface area contributed by atoms with Crippen molar-refractivity contribution in [2.45, 2.75) is 47.1 Å². The number of aryl methyl sites for hydroxylation is 1. The van der Waals surface area contributed by atoms with Crippen molar-refractivity contribution in [3.05, 3.63) is 46.9 Å². The van der Waals surface area contributed by atoms with E-state index in [2.05, 4.69) is 22.1 Å². The summed E-state index contributed by atoms with van der Waals surface area (Å²) in [7, 11) is 0. The molecule has 0 aliphatic heterocycles. The fourth-order valence-corrected chi connectivity index (χ4v) is 2.48. The van der Waals surface area contributed by atoms with Crippen molar-refractivity contribution in [1.29, 1.82) is 0 Å². The maximum atomic E-state index is 13.7. The minimum Gasteiger partial charge on any atom is -0.505 e. The second-order valence-corrected chi connectivity index (χ2v) is 5.93. The molecule has 1 aromatic carbocycles. The summed E-state index contributed by atoms with van der Waals surface area (Å²) in [5, 5.41) is 12.6. The number of hydrogen-bond acceptors (Lipinski definition) is 5. The van der Waals surface area contributed by atoms with Gasteiger partial charge in [-0.3, -0.25) is 4.79 Å². The molecule has 0 fully saturated rings. The maximum absolute atomic E-state index is 13.7. The predicted molar refractivity (Wildman–Crippen MR) is 112 cm³/mol. The van der Waals surface area contributed by atoms with Gasteiger partial charge >= 0.3 is 0 Å². The van der Waals surface area contributed by atoms with E-state index in [1.807, 2.05) is 13.8 Å². The number of phenols is 1. The molecule has 2 rings (SSSR count). The van der Waals surface area contributed by atoms with Gasteiger partial charge in [-0.25, -0.2) is 9.37 Å². The summed E-state index contributed by atoms with van der Waals surface area (Å²) in [5.74, 6) is 4.86. The lowest BCUT2D eigenvalue weighted by molar-refractivity contribution is -0.120. The number of nitrogens with one attached hydrogen (secondary N) is 1. The van der Waals surface area contributed by atoms with E-state index < -0.39 is 17.7 Å². The van der Waals surface area contributed by atoms with E-state index in [0.29, 0.717) is 23.1 Å². The second kappa shape index (κ2) is 11.5. The monoisotopic (exact) mass is 401 g/mol. The topological polar surface area (TPSA) is 97.5 Å². The standard InChI is InChI=1S/C20H22FN3O3.C2H6/c1-4-17(25)23-9-5-6-14-10-16(20(22)24-11-14)27-13(3)18-12(2)7-8-15(21)19(18)26;1-2/h7-8,10-11,13,26H,4,9H2,1-3H3,(H2,22,24)(H,23,25);1-2H3. The van der Waals surface area contributed by atoms with Crippen LogP contribution in [0.4, 0.5) is 10.2 Å². The van der Waals surface area contributed by atoms with Crippen LogP contribution >= 0.6 is 0 Å². The van der Waals surface area contributed by atoms with Crippen molar-refractivity contribution in [2.75, 3.05) is 12.3 Å². The summed E-state index contributed by atoms with van der Waals surface area (Å²) in [6.45, 7) is 9.41. The van der Waals surface area contributed by atoms with Crippen molar-refractivity contribution >= 4 is 11.7 Å². The summed E-state index contributed by atoms with van der Waals surface area (Å²) in [6.07, 6.45) is 1.23. The average molecular weight is 401 g/mol. The van der Waals surface area contributed by atoms with E-state index in [0.717, 1.165) is 0 Å².